The standard InChI is InChI=1S/C19H28N2/c1-2-10-18-16(7-1)8-5-11-19(18)21-14-6-13-20-12-4-3-9-17(20)15-21/h5,8,11,17H,1-4,6-7,9-10,12-15H2. The van der Waals surface area contributed by atoms with Gasteiger partial charge >= 0.3 is 0 Å². The molecule has 2 saturated heterocycles. The van der Waals surface area contributed by atoms with Crippen LogP contribution >= 0.6 is 0 Å². The number of aryl methyl sites for hydroxylation is 1. The molecule has 1 aromatic carbocycles. The summed E-state index contributed by atoms with van der Waals surface area (Å²) in [7, 11) is 0. The normalized spacial score (nSPS) is 26.9. The highest BCUT2D eigenvalue weighted by Gasteiger charge is 2.28. The average Bonchev–Trinajstić information content (AvgIpc) is 2.76. The van der Waals surface area contributed by atoms with Crippen LogP contribution in [0.1, 0.15) is 49.7 Å². The second-order valence-electron chi connectivity index (χ2n) is 7.11. The molecule has 2 heteroatoms. The first-order valence-corrected chi connectivity index (χ1v) is 9.01. The molecule has 2 heterocycles. The maximum absolute atomic E-state index is 2.76. The minimum absolute atomic E-state index is 0.806. The predicted molar refractivity (Wildman–Crippen MR) is 89.1 cm³/mol. The Morgan fingerprint density at radius 3 is 2.76 bits per heavy atom. The summed E-state index contributed by atoms with van der Waals surface area (Å²) in [5.74, 6) is 0. The van der Waals surface area contributed by atoms with Crippen molar-refractivity contribution in [3.63, 3.8) is 0 Å². The van der Waals surface area contributed by atoms with Gasteiger partial charge in [0.15, 0.2) is 0 Å². The van der Waals surface area contributed by atoms with E-state index >= 15 is 0 Å². The Morgan fingerprint density at radius 1 is 0.857 bits per heavy atom. The van der Waals surface area contributed by atoms with E-state index in [1.54, 1.807) is 16.8 Å². The van der Waals surface area contributed by atoms with Gasteiger partial charge in [0.25, 0.3) is 0 Å². The van der Waals surface area contributed by atoms with Gasteiger partial charge in [-0.25, -0.2) is 0 Å². The van der Waals surface area contributed by atoms with Crippen molar-refractivity contribution in [2.75, 3.05) is 31.1 Å². The number of anilines is 1. The topological polar surface area (TPSA) is 6.48 Å². The lowest BCUT2D eigenvalue weighted by molar-refractivity contribution is 0.162. The third-order valence-electron chi connectivity index (χ3n) is 5.77. The predicted octanol–water partition coefficient (Wildman–Crippen LogP) is 3.63. The Balaban J connectivity index is 1.60. The molecule has 1 aliphatic carbocycles. The highest BCUT2D eigenvalue weighted by Crippen LogP contribution is 2.32. The SMILES string of the molecule is c1cc2c(c(N3CCCN4CCCCC4C3)c1)CCCC2. The van der Waals surface area contributed by atoms with Crippen LogP contribution in [0.15, 0.2) is 18.2 Å². The molecule has 2 nitrogen and oxygen atoms in total. The number of hydrogen-bond donors (Lipinski definition) is 0. The third kappa shape index (κ3) is 2.70. The molecule has 1 atom stereocenters. The van der Waals surface area contributed by atoms with Crippen molar-refractivity contribution in [3.05, 3.63) is 29.3 Å². The van der Waals surface area contributed by atoms with E-state index < -0.39 is 0 Å². The van der Waals surface area contributed by atoms with Gasteiger partial charge in [0.1, 0.15) is 0 Å². The Bertz CT molecular complexity index is 496. The highest BCUT2D eigenvalue weighted by atomic mass is 15.2. The summed E-state index contributed by atoms with van der Waals surface area (Å²) >= 11 is 0. The van der Waals surface area contributed by atoms with E-state index in [1.807, 2.05) is 0 Å². The Morgan fingerprint density at radius 2 is 1.76 bits per heavy atom. The van der Waals surface area contributed by atoms with Crippen LogP contribution in [0.4, 0.5) is 5.69 Å². The molecule has 21 heavy (non-hydrogen) atoms. The van der Waals surface area contributed by atoms with Crippen LogP contribution < -0.4 is 4.90 Å². The maximum Gasteiger partial charge on any atom is 0.0402 e. The van der Waals surface area contributed by atoms with Crippen LogP contribution in [0.3, 0.4) is 0 Å². The summed E-state index contributed by atoms with van der Waals surface area (Å²) in [6.45, 7) is 5.17. The maximum atomic E-state index is 2.76. The fraction of sp³-hybridized carbons (Fsp3) is 0.684. The third-order valence-corrected chi connectivity index (χ3v) is 5.77. The molecule has 0 radical (unpaired) electrons. The van der Waals surface area contributed by atoms with E-state index in [-0.39, 0.29) is 0 Å². The van der Waals surface area contributed by atoms with E-state index in [1.165, 1.54) is 77.5 Å². The van der Waals surface area contributed by atoms with Crippen molar-refractivity contribution in [1.29, 1.82) is 0 Å². The molecular formula is C19H28N2. The van der Waals surface area contributed by atoms with Gasteiger partial charge in [-0.05, 0) is 68.7 Å². The van der Waals surface area contributed by atoms with Crippen molar-refractivity contribution in [3.8, 4) is 0 Å². The van der Waals surface area contributed by atoms with E-state index in [0.29, 0.717) is 0 Å². The fourth-order valence-electron chi connectivity index (χ4n) is 4.65. The lowest BCUT2D eigenvalue weighted by Crippen LogP contribution is -2.44. The smallest absolute Gasteiger partial charge is 0.0402 e. The first-order chi connectivity index (χ1) is 10.4. The average molecular weight is 284 g/mol. The van der Waals surface area contributed by atoms with Crippen LogP contribution in [0, 0.1) is 0 Å². The molecule has 1 aromatic rings. The number of hydrogen-bond acceptors (Lipinski definition) is 2. The second-order valence-corrected chi connectivity index (χ2v) is 7.11. The van der Waals surface area contributed by atoms with Gasteiger partial charge in [-0.15, -0.1) is 0 Å². The molecule has 0 amide bonds. The highest BCUT2D eigenvalue weighted by molar-refractivity contribution is 5.58. The first kappa shape index (κ1) is 13.6. The summed E-state index contributed by atoms with van der Waals surface area (Å²) in [6, 6.07) is 7.86. The molecule has 3 aliphatic rings. The zero-order chi connectivity index (χ0) is 14.1. The molecule has 114 valence electrons. The molecule has 1 unspecified atom stereocenters. The zero-order valence-electron chi connectivity index (χ0n) is 13.2. The molecule has 0 aromatic heterocycles. The van der Waals surface area contributed by atoms with Crippen LogP contribution in [0.2, 0.25) is 0 Å². The summed E-state index contributed by atoms with van der Waals surface area (Å²) < 4.78 is 0. The minimum Gasteiger partial charge on any atom is -0.370 e. The van der Waals surface area contributed by atoms with Gasteiger partial charge in [-0.3, -0.25) is 4.90 Å². The van der Waals surface area contributed by atoms with Gasteiger partial charge in [0, 0.05) is 31.4 Å². The lowest BCUT2D eigenvalue weighted by Gasteiger charge is -2.36. The first-order valence-electron chi connectivity index (χ1n) is 9.01. The van der Waals surface area contributed by atoms with Crippen molar-refractivity contribution < 1.29 is 0 Å². The fourth-order valence-corrected chi connectivity index (χ4v) is 4.65. The van der Waals surface area contributed by atoms with E-state index in [9.17, 15) is 0 Å². The number of nitrogens with zero attached hydrogens (tertiary/aromatic N) is 2. The van der Waals surface area contributed by atoms with Crippen LogP contribution in [0.5, 0.6) is 0 Å². The number of piperidine rings is 1. The van der Waals surface area contributed by atoms with E-state index in [4.69, 9.17) is 0 Å². The van der Waals surface area contributed by atoms with Gasteiger partial charge in [0.05, 0.1) is 0 Å². The number of benzene rings is 1. The van der Waals surface area contributed by atoms with Crippen LogP contribution in [-0.4, -0.2) is 37.1 Å². The molecule has 2 aliphatic heterocycles. The zero-order valence-corrected chi connectivity index (χ0v) is 13.2. The minimum atomic E-state index is 0.806. The van der Waals surface area contributed by atoms with E-state index in [2.05, 4.69) is 28.0 Å². The summed E-state index contributed by atoms with van der Waals surface area (Å²) in [6.07, 6.45) is 11.0. The Hall–Kier alpha value is -1.02. The largest absolute Gasteiger partial charge is 0.370 e. The molecule has 0 spiro atoms. The van der Waals surface area contributed by atoms with E-state index in [0.717, 1.165) is 6.04 Å². The molecular weight excluding hydrogens is 256 g/mol. The second kappa shape index (κ2) is 6.00. The Labute approximate surface area is 129 Å². The quantitative estimate of drug-likeness (QED) is 0.777. The van der Waals surface area contributed by atoms with Crippen LogP contribution in [0.25, 0.3) is 0 Å². The van der Waals surface area contributed by atoms with Crippen molar-refractivity contribution >= 4 is 5.69 Å². The molecule has 4 rings (SSSR count). The van der Waals surface area contributed by atoms with Gasteiger partial charge in [-0.1, -0.05) is 18.6 Å². The number of rotatable bonds is 1. The monoisotopic (exact) mass is 284 g/mol. The summed E-state index contributed by atoms with van der Waals surface area (Å²) in [4.78, 5) is 5.49. The van der Waals surface area contributed by atoms with Crippen molar-refractivity contribution in [2.24, 2.45) is 0 Å². The molecule has 2 fully saturated rings. The number of fused-ring (bicyclic) bond motifs is 2. The molecule has 0 N–H and O–H groups in total. The summed E-state index contributed by atoms with van der Waals surface area (Å²) in [5.41, 5.74) is 4.87. The van der Waals surface area contributed by atoms with Gasteiger partial charge in [0.2, 0.25) is 0 Å². The summed E-state index contributed by atoms with van der Waals surface area (Å²) in [5, 5.41) is 0. The van der Waals surface area contributed by atoms with Gasteiger partial charge in [-0.2, -0.15) is 0 Å². The van der Waals surface area contributed by atoms with Crippen molar-refractivity contribution in [1.82, 2.24) is 4.90 Å². The molecule has 0 bridgehead atoms. The Kier molecular flexibility index (Phi) is 3.89. The van der Waals surface area contributed by atoms with Crippen molar-refractivity contribution in [2.45, 2.75) is 57.4 Å². The van der Waals surface area contributed by atoms with Crippen LogP contribution in [-0.2, 0) is 12.8 Å². The lowest BCUT2D eigenvalue weighted by atomic mass is 9.90. The van der Waals surface area contributed by atoms with Gasteiger partial charge < -0.3 is 4.90 Å². The molecule has 0 saturated carbocycles.